The van der Waals surface area contributed by atoms with Crippen LogP contribution in [-0.4, -0.2) is 34.9 Å². The second kappa shape index (κ2) is 10.1. The molecule has 2 aromatic carbocycles. The van der Waals surface area contributed by atoms with Crippen LogP contribution in [0.2, 0.25) is 0 Å². The third-order valence-electron chi connectivity index (χ3n) is 5.43. The Kier molecular flexibility index (Phi) is 6.82. The standard InChI is InChI=1S/C27H25NO6/c1-3-14-33-21-8-5-7-19(16-21)24-23(25(29)18-10-12-20(13-11-18)32-4-2)26(30)27(31)28(24)17-22-9-6-15-34-22/h3,5-13,15-16,24,29H,1,4,14,17H2,2H3/b25-23-. The molecule has 4 rings (SSSR count). The number of nitrogens with zero attached hydrogens (tertiary/aromatic N) is 1. The van der Waals surface area contributed by atoms with Crippen molar-refractivity contribution in [2.45, 2.75) is 19.5 Å². The number of aliphatic hydroxyl groups is 1. The lowest BCUT2D eigenvalue weighted by atomic mass is 9.95. The Morgan fingerprint density at radius 2 is 1.88 bits per heavy atom. The van der Waals surface area contributed by atoms with Crippen molar-refractivity contribution >= 4 is 17.4 Å². The van der Waals surface area contributed by atoms with E-state index in [4.69, 9.17) is 13.9 Å². The molecule has 0 saturated carbocycles. The van der Waals surface area contributed by atoms with E-state index < -0.39 is 17.7 Å². The van der Waals surface area contributed by atoms with Crippen LogP contribution in [0.1, 0.15) is 29.9 Å². The highest BCUT2D eigenvalue weighted by atomic mass is 16.5. The van der Waals surface area contributed by atoms with Crippen molar-refractivity contribution < 1.29 is 28.6 Å². The lowest BCUT2D eigenvalue weighted by Crippen LogP contribution is -2.29. The first-order chi connectivity index (χ1) is 16.5. The molecule has 1 fully saturated rings. The van der Waals surface area contributed by atoms with Gasteiger partial charge in [-0.3, -0.25) is 9.59 Å². The van der Waals surface area contributed by atoms with Crippen molar-refractivity contribution in [3.8, 4) is 11.5 Å². The fourth-order valence-corrected chi connectivity index (χ4v) is 3.92. The summed E-state index contributed by atoms with van der Waals surface area (Å²) >= 11 is 0. The Bertz CT molecular complexity index is 1210. The molecular weight excluding hydrogens is 434 g/mol. The van der Waals surface area contributed by atoms with Crippen molar-refractivity contribution in [2.75, 3.05) is 13.2 Å². The third kappa shape index (κ3) is 4.59. The number of rotatable bonds is 9. The summed E-state index contributed by atoms with van der Waals surface area (Å²) < 4.78 is 16.5. The van der Waals surface area contributed by atoms with Crippen molar-refractivity contribution in [3.05, 3.63) is 102 Å². The molecule has 2 heterocycles. The number of furan rings is 1. The zero-order valence-corrected chi connectivity index (χ0v) is 18.8. The van der Waals surface area contributed by atoms with Crippen LogP contribution in [0, 0.1) is 0 Å². The first-order valence-corrected chi connectivity index (χ1v) is 10.9. The van der Waals surface area contributed by atoms with Crippen LogP contribution in [0.15, 0.2) is 89.6 Å². The van der Waals surface area contributed by atoms with Gasteiger partial charge in [0, 0.05) is 5.56 Å². The highest BCUT2D eigenvalue weighted by molar-refractivity contribution is 6.46. The second-order valence-electron chi connectivity index (χ2n) is 7.64. The molecule has 1 aromatic heterocycles. The van der Waals surface area contributed by atoms with Gasteiger partial charge in [0.15, 0.2) is 0 Å². The lowest BCUT2D eigenvalue weighted by Gasteiger charge is -2.25. The first kappa shape index (κ1) is 22.9. The summed E-state index contributed by atoms with van der Waals surface area (Å²) in [6.45, 7) is 6.41. The molecule has 7 nitrogen and oxygen atoms in total. The summed E-state index contributed by atoms with van der Waals surface area (Å²) in [4.78, 5) is 27.6. The average molecular weight is 459 g/mol. The van der Waals surface area contributed by atoms with E-state index in [1.807, 2.05) is 6.92 Å². The number of ketones is 1. The molecule has 1 unspecified atom stereocenters. The molecule has 1 N–H and O–H groups in total. The number of likely N-dealkylation sites (tertiary alicyclic amines) is 1. The van der Waals surface area contributed by atoms with Gasteiger partial charge < -0.3 is 23.9 Å². The minimum Gasteiger partial charge on any atom is -0.507 e. The third-order valence-corrected chi connectivity index (χ3v) is 5.43. The Hall–Kier alpha value is -4.26. The maximum Gasteiger partial charge on any atom is 0.296 e. The van der Waals surface area contributed by atoms with Crippen LogP contribution in [-0.2, 0) is 16.1 Å². The van der Waals surface area contributed by atoms with Crippen LogP contribution in [0.3, 0.4) is 0 Å². The lowest BCUT2D eigenvalue weighted by molar-refractivity contribution is -0.140. The van der Waals surface area contributed by atoms with Gasteiger partial charge in [0.05, 0.1) is 31.0 Å². The molecule has 0 spiro atoms. The smallest absolute Gasteiger partial charge is 0.296 e. The SMILES string of the molecule is C=CCOc1cccc(C2/C(=C(/O)c3ccc(OCC)cc3)C(=O)C(=O)N2Cc2ccco2)c1. The largest absolute Gasteiger partial charge is 0.507 e. The highest BCUT2D eigenvalue weighted by Gasteiger charge is 2.46. The minimum atomic E-state index is -0.830. The maximum absolute atomic E-state index is 13.2. The Labute approximate surface area is 197 Å². The summed E-state index contributed by atoms with van der Waals surface area (Å²) in [7, 11) is 0. The number of hydrogen-bond donors (Lipinski definition) is 1. The highest BCUT2D eigenvalue weighted by Crippen LogP contribution is 2.41. The van der Waals surface area contributed by atoms with Gasteiger partial charge in [-0.25, -0.2) is 0 Å². The predicted octanol–water partition coefficient (Wildman–Crippen LogP) is 4.87. The Morgan fingerprint density at radius 1 is 1.09 bits per heavy atom. The fraction of sp³-hybridized carbons (Fsp3) is 0.185. The molecule has 1 amide bonds. The second-order valence-corrected chi connectivity index (χ2v) is 7.64. The predicted molar refractivity (Wildman–Crippen MR) is 126 cm³/mol. The van der Waals surface area contributed by atoms with Gasteiger partial charge in [-0.15, -0.1) is 0 Å². The van der Waals surface area contributed by atoms with Gasteiger partial charge in [-0.2, -0.15) is 0 Å². The summed E-state index contributed by atoms with van der Waals surface area (Å²) in [6.07, 6.45) is 3.13. The molecule has 1 aliphatic rings. The van der Waals surface area contributed by atoms with Crippen molar-refractivity contribution in [1.82, 2.24) is 4.90 Å². The molecule has 3 aromatic rings. The van der Waals surface area contributed by atoms with Crippen LogP contribution in [0.4, 0.5) is 0 Å². The van der Waals surface area contributed by atoms with Gasteiger partial charge in [-0.05, 0) is 61.0 Å². The summed E-state index contributed by atoms with van der Waals surface area (Å²) in [5.74, 6) is -0.0209. The van der Waals surface area contributed by atoms with Crippen molar-refractivity contribution in [3.63, 3.8) is 0 Å². The molecule has 7 heteroatoms. The number of carbonyl (C=O) groups excluding carboxylic acids is 2. The van der Waals surface area contributed by atoms with Crippen LogP contribution >= 0.6 is 0 Å². The Balaban J connectivity index is 1.81. The van der Waals surface area contributed by atoms with Crippen molar-refractivity contribution in [2.24, 2.45) is 0 Å². The number of amides is 1. The number of hydrogen-bond acceptors (Lipinski definition) is 6. The van der Waals surface area contributed by atoms with E-state index in [9.17, 15) is 14.7 Å². The van der Waals surface area contributed by atoms with Gasteiger partial charge in [0.1, 0.15) is 29.6 Å². The molecule has 1 atom stereocenters. The van der Waals surface area contributed by atoms with E-state index in [-0.39, 0.29) is 17.9 Å². The van der Waals surface area contributed by atoms with E-state index in [0.717, 1.165) is 0 Å². The number of aliphatic hydroxyl groups excluding tert-OH is 1. The van der Waals surface area contributed by atoms with Gasteiger partial charge >= 0.3 is 0 Å². The van der Waals surface area contributed by atoms with E-state index in [1.54, 1.807) is 66.7 Å². The number of Topliss-reactive ketones (excluding diaryl/α,β-unsaturated/α-hetero) is 1. The normalized spacial score (nSPS) is 17.1. The molecule has 34 heavy (non-hydrogen) atoms. The maximum atomic E-state index is 13.2. The summed E-state index contributed by atoms with van der Waals surface area (Å²) in [6, 6.07) is 16.4. The van der Waals surface area contributed by atoms with E-state index in [0.29, 0.717) is 41.6 Å². The van der Waals surface area contributed by atoms with Crippen LogP contribution in [0.25, 0.3) is 5.76 Å². The summed E-state index contributed by atoms with van der Waals surface area (Å²) in [5.41, 5.74) is 1.03. The summed E-state index contributed by atoms with van der Waals surface area (Å²) in [5, 5.41) is 11.2. The van der Waals surface area contributed by atoms with Crippen molar-refractivity contribution in [1.29, 1.82) is 0 Å². The zero-order valence-electron chi connectivity index (χ0n) is 18.8. The quantitative estimate of drug-likeness (QED) is 0.213. The topological polar surface area (TPSA) is 89.2 Å². The number of carbonyl (C=O) groups is 2. The van der Waals surface area contributed by atoms with E-state index >= 15 is 0 Å². The van der Waals surface area contributed by atoms with Crippen LogP contribution in [0.5, 0.6) is 11.5 Å². The molecule has 174 valence electrons. The average Bonchev–Trinajstić information content (AvgIpc) is 3.45. The number of ether oxygens (including phenoxy) is 2. The zero-order chi connectivity index (χ0) is 24.1. The van der Waals surface area contributed by atoms with E-state index in [2.05, 4.69) is 6.58 Å². The Morgan fingerprint density at radius 3 is 2.56 bits per heavy atom. The molecule has 1 aliphatic heterocycles. The molecule has 1 saturated heterocycles. The molecule has 0 bridgehead atoms. The first-order valence-electron chi connectivity index (χ1n) is 10.9. The molecular formula is C27H25NO6. The molecule has 0 radical (unpaired) electrons. The molecule has 0 aliphatic carbocycles. The monoisotopic (exact) mass is 459 g/mol. The fourth-order valence-electron chi connectivity index (χ4n) is 3.92. The van der Waals surface area contributed by atoms with Gasteiger partial charge in [0.25, 0.3) is 11.7 Å². The van der Waals surface area contributed by atoms with Gasteiger partial charge in [-0.1, -0.05) is 24.8 Å². The van der Waals surface area contributed by atoms with E-state index in [1.165, 1.54) is 11.2 Å². The van der Waals surface area contributed by atoms with Crippen LogP contribution < -0.4 is 9.47 Å². The minimum absolute atomic E-state index is 0.00147. The number of benzene rings is 2. The van der Waals surface area contributed by atoms with Gasteiger partial charge in [0.2, 0.25) is 0 Å².